The zero-order chi connectivity index (χ0) is 21.8. The van der Waals surface area contributed by atoms with Crippen LogP contribution in [0.25, 0.3) is 0 Å². The Hall–Kier alpha value is -2.78. The van der Waals surface area contributed by atoms with Crippen molar-refractivity contribution in [2.24, 2.45) is 0 Å². The van der Waals surface area contributed by atoms with Crippen LogP contribution in [0.1, 0.15) is 100 Å². The van der Waals surface area contributed by atoms with Crippen LogP contribution in [0.3, 0.4) is 0 Å². The summed E-state index contributed by atoms with van der Waals surface area (Å²) in [5, 5.41) is 3.15. The lowest BCUT2D eigenvalue weighted by Gasteiger charge is -2.14. The van der Waals surface area contributed by atoms with Gasteiger partial charge in [-0.15, -0.1) is 5.06 Å². The second kappa shape index (κ2) is 17.9. The summed E-state index contributed by atoms with van der Waals surface area (Å²) >= 11 is 0. The molecular formula is C22H41N3O7. The van der Waals surface area contributed by atoms with Crippen molar-refractivity contribution in [3.05, 3.63) is 0 Å². The van der Waals surface area contributed by atoms with Crippen molar-refractivity contribution in [3.8, 4) is 0 Å². The number of nitrogens with zero attached hydrogens (tertiary/aromatic N) is 2. The molecule has 0 aromatic rings. The van der Waals surface area contributed by atoms with Gasteiger partial charge in [0, 0.05) is 38.5 Å². The molecule has 186 valence electrons. The summed E-state index contributed by atoms with van der Waals surface area (Å²) in [4.78, 5) is 72.4. The van der Waals surface area contributed by atoms with Gasteiger partial charge < -0.3 is 10.2 Å². The summed E-state index contributed by atoms with van der Waals surface area (Å²) in [5.41, 5.74) is 0. The second-order valence-corrected chi connectivity index (χ2v) is 6.73. The first kappa shape index (κ1) is 33.8. The number of hydrogen-bond donors (Lipinski definition) is 1. The number of nitrogens with one attached hydrogen (secondary N) is 1. The van der Waals surface area contributed by atoms with Crippen molar-refractivity contribution in [3.63, 3.8) is 0 Å². The molecule has 0 atom stereocenters. The number of hydroxylamine groups is 2. The molecule has 0 radical (unpaired) electrons. The lowest BCUT2D eigenvalue weighted by Crippen LogP contribution is -2.40. The zero-order valence-corrected chi connectivity index (χ0v) is 17.0. The Labute approximate surface area is 192 Å². The number of rotatable bonds is 9. The standard InChI is InChI=1S/C10H16N2O3.C9H13NO4.3CH4/c1-2-3-4-8(13)11-7-12-9(14)5-6-10(12)15;1-2-3-4-9(13)14-10-7(11)5-6-8(10)12;;;/h2-7H2,1H3,(H,11,13);2-6H2,1H3;3*1H4. The number of amides is 5. The average Bonchev–Trinajstić information content (AvgIpc) is 3.19. The summed E-state index contributed by atoms with van der Waals surface area (Å²) < 4.78 is 0. The molecule has 0 unspecified atom stereocenters. The molecule has 5 amide bonds. The van der Waals surface area contributed by atoms with Gasteiger partial charge in [-0.05, 0) is 12.8 Å². The van der Waals surface area contributed by atoms with Crippen molar-refractivity contribution in [1.82, 2.24) is 15.3 Å². The normalized spacial score (nSPS) is 14.6. The Balaban J connectivity index is -0.000000481. The van der Waals surface area contributed by atoms with Crippen LogP contribution in [-0.2, 0) is 33.6 Å². The van der Waals surface area contributed by atoms with Crippen molar-refractivity contribution in [1.29, 1.82) is 0 Å². The predicted molar refractivity (Wildman–Crippen MR) is 121 cm³/mol. The minimum absolute atomic E-state index is 0. The molecule has 0 aromatic heterocycles. The van der Waals surface area contributed by atoms with E-state index in [1.165, 1.54) is 0 Å². The molecule has 2 saturated heterocycles. The van der Waals surface area contributed by atoms with E-state index in [-0.39, 0.29) is 78.8 Å². The molecule has 0 bridgehead atoms. The highest BCUT2D eigenvalue weighted by molar-refractivity contribution is 6.02. The maximum atomic E-state index is 11.2. The van der Waals surface area contributed by atoms with Gasteiger partial charge in [0.1, 0.15) is 6.67 Å². The third-order valence-electron chi connectivity index (χ3n) is 4.28. The number of carbonyl (C=O) groups excluding carboxylic acids is 6. The molecule has 2 heterocycles. The molecular weight excluding hydrogens is 418 g/mol. The Morgan fingerprint density at radius 3 is 1.69 bits per heavy atom. The molecule has 2 rings (SSSR count). The van der Waals surface area contributed by atoms with Crippen LogP contribution < -0.4 is 5.32 Å². The van der Waals surface area contributed by atoms with E-state index in [1.807, 2.05) is 13.8 Å². The number of likely N-dealkylation sites (tertiary alicyclic amines) is 1. The van der Waals surface area contributed by atoms with Gasteiger partial charge in [0.15, 0.2) is 0 Å². The summed E-state index contributed by atoms with van der Waals surface area (Å²) in [6.07, 6.45) is 4.86. The molecule has 0 saturated carbocycles. The Morgan fingerprint density at radius 1 is 0.781 bits per heavy atom. The van der Waals surface area contributed by atoms with E-state index < -0.39 is 17.8 Å². The first-order chi connectivity index (χ1) is 13.8. The largest absolute Gasteiger partial charge is 0.338 e. The van der Waals surface area contributed by atoms with E-state index >= 15 is 0 Å². The summed E-state index contributed by atoms with van der Waals surface area (Å²) in [6, 6.07) is 0. The van der Waals surface area contributed by atoms with Crippen LogP contribution in [0.2, 0.25) is 0 Å². The third-order valence-corrected chi connectivity index (χ3v) is 4.28. The van der Waals surface area contributed by atoms with Gasteiger partial charge in [-0.2, -0.15) is 0 Å². The highest BCUT2D eigenvalue weighted by Crippen LogP contribution is 2.13. The summed E-state index contributed by atoms with van der Waals surface area (Å²) in [6.45, 7) is 3.97. The van der Waals surface area contributed by atoms with E-state index in [0.717, 1.165) is 24.2 Å². The van der Waals surface area contributed by atoms with Gasteiger partial charge in [-0.3, -0.25) is 28.9 Å². The Kier molecular flexibility index (Phi) is 18.9. The van der Waals surface area contributed by atoms with Crippen LogP contribution in [0, 0.1) is 0 Å². The molecule has 2 aliphatic heterocycles. The molecule has 0 aliphatic carbocycles. The molecule has 2 aliphatic rings. The van der Waals surface area contributed by atoms with Gasteiger partial charge in [0.05, 0.1) is 0 Å². The first-order valence-corrected chi connectivity index (χ1v) is 9.96. The van der Waals surface area contributed by atoms with Gasteiger partial charge in [-0.25, -0.2) is 4.79 Å². The van der Waals surface area contributed by atoms with Crippen LogP contribution in [0.5, 0.6) is 0 Å². The topological polar surface area (TPSA) is 130 Å². The number of carbonyl (C=O) groups is 6. The molecule has 32 heavy (non-hydrogen) atoms. The lowest BCUT2D eigenvalue weighted by atomic mass is 10.2. The van der Waals surface area contributed by atoms with Crippen LogP contribution in [0.15, 0.2) is 0 Å². The van der Waals surface area contributed by atoms with Crippen LogP contribution in [-0.4, -0.2) is 52.1 Å². The van der Waals surface area contributed by atoms with Gasteiger partial charge in [-0.1, -0.05) is 49.0 Å². The number of imide groups is 2. The smallest absolute Gasteiger partial charge is 0.333 e. The van der Waals surface area contributed by atoms with Crippen LogP contribution in [0.4, 0.5) is 0 Å². The minimum atomic E-state index is -0.518. The van der Waals surface area contributed by atoms with E-state index in [9.17, 15) is 28.8 Å². The Morgan fingerprint density at radius 2 is 1.22 bits per heavy atom. The maximum Gasteiger partial charge on any atom is 0.333 e. The SMILES string of the molecule is C.C.C.CCCCC(=O)NCN1C(=O)CCC1=O.CCCCC(=O)ON1C(=O)CCC1=O. The highest BCUT2D eigenvalue weighted by Gasteiger charge is 2.32. The summed E-state index contributed by atoms with van der Waals surface area (Å²) in [7, 11) is 0. The maximum absolute atomic E-state index is 11.2. The minimum Gasteiger partial charge on any atom is -0.338 e. The number of unbranched alkanes of at least 4 members (excludes halogenated alkanes) is 2. The molecule has 1 N–H and O–H groups in total. The van der Waals surface area contributed by atoms with E-state index in [1.54, 1.807) is 0 Å². The van der Waals surface area contributed by atoms with E-state index in [2.05, 4.69) is 10.2 Å². The molecule has 2 fully saturated rings. The molecule has 10 heteroatoms. The van der Waals surface area contributed by atoms with Crippen LogP contribution >= 0.6 is 0 Å². The fraction of sp³-hybridized carbons (Fsp3) is 0.727. The molecule has 10 nitrogen and oxygen atoms in total. The van der Waals surface area contributed by atoms with Gasteiger partial charge in [0.25, 0.3) is 11.8 Å². The fourth-order valence-corrected chi connectivity index (χ4v) is 2.52. The highest BCUT2D eigenvalue weighted by atomic mass is 16.7. The molecule has 0 aromatic carbocycles. The molecule has 0 spiro atoms. The monoisotopic (exact) mass is 459 g/mol. The quantitative estimate of drug-likeness (QED) is 0.524. The van der Waals surface area contributed by atoms with Gasteiger partial charge >= 0.3 is 5.97 Å². The lowest BCUT2D eigenvalue weighted by molar-refractivity contribution is -0.197. The van der Waals surface area contributed by atoms with E-state index in [0.29, 0.717) is 17.9 Å². The first-order valence-electron chi connectivity index (χ1n) is 9.96. The second-order valence-electron chi connectivity index (χ2n) is 6.73. The Bertz CT molecular complexity index is 617. The zero-order valence-electron chi connectivity index (χ0n) is 17.0. The van der Waals surface area contributed by atoms with Crippen molar-refractivity contribution in [2.75, 3.05) is 6.67 Å². The van der Waals surface area contributed by atoms with E-state index in [4.69, 9.17) is 0 Å². The summed E-state index contributed by atoms with van der Waals surface area (Å²) in [5.74, 6) is -1.88. The van der Waals surface area contributed by atoms with Gasteiger partial charge in [0.2, 0.25) is 17.7 Å². The van der Waals surface area contributed by atoms with Crippen molar-refractivity contribution in [2.45, 2.75) is 100 Å². The fourth-order valence-electron chi connectivity index (χ4n) is 2.52. The predicted octanol–water partition coefficient (Wildman–Crippen LogP) is 3.09. The average molecular weight is 460 g/mol. The van der Waals surface area contributed by atoms with Crippen molar-refractivity contribution < 1.29 is 33.6 Å². The third kappa shape index (κ3) is 11.6. The number of hydrogen-bond acceptors (Lipinski definition) is 7. The van der Waals surface area contributed by atoms with Crippen molar-refractivity contribution >= 4 is 35.5 Å².